The first kappa shape index (κ1) is 11.1. The molecule has 0 bridgehead atoms. The Kier molecular flexibility index (Phi) is 3.51. The highest BCUT2D eigenvalue weighted by Gasteiger charge is 2.20. The summed E-state index contributed by atoms with van der Waals surface area (Å²) in [7, 11) is 0. The van der Waals surface area contributed by atoms with Gasteiger partial charge in [-0.2, -0.15) is 0 Å². The zero-order valence-corrected chi connectivity index (χ0v) is 9.00. The summed E-state index contributed by atoms with van der Waals surface area (Å²) in [6.45, 7) is 0.876. The van der Waals surface area contributed by atoms with E-state index in [2.05, 4.69) is 10.6 Å². The van der Waals surface area contributed by atoms with Gasteiger partial charge in [-0.05, 0) is 37.6 Å². The number of anilines is 1. The molecule has 2 N–H and O–H groups in total. The molecular formula is C12H15FN2O. The van der Waals surface area contributed by atoms with Crippen molar-refractivity contribution in [3.8, 4) is 0 Å². The molecule has 1 aromatic rings. The molecule has 4 heteroatoms. The lowest BCUT2D eigenvalue weighted by Crippen LogP contribution is -2.43. The van der Waals surface area contributed by atoms with Gasteiger partial charge in [0.25, 0.3) is 0 Å². The van der Waals surface area contributed by atoms with Crippen molar-refractivity contribution in [1.29, 1.82) is 0 Å². The van der Waals surface area contributed by atoms with E-state index >= 15 is 0 Å². The van der Waals surface area contributed by atoms with Crippen molar-refractivity contribution in [2.75, 3.05) is 11.9 Å². The number of piperidine rings is 1. The second kappa shape index (κ2) is 5.07. The molecule has 1 aromatic carbocycles. The average molecular weight is 222 g/mol. The minimum Gasteiger partial charge on any atom is -0.325 e. The predicted octanol–water partition coefficient (Wildman–Crippen LogP) is 1.91. The molecule has 1 saturated heterocycles. The summed E-state index contributed by atoms with van der Waals surface area (Å²) in [6, 6.07) is 5.80. The minimum atomic E-state index is -0.339. The summed E-state index contributed by atoms with van der Waals surface area (Å²) in [5.74, 6) is -0.417. The fourth-order valence-corrected chi connectivity index (χ4v) is 1.87. The Morgan fingerprint density at radius 2 is 2.31 bits per heavy atom. The van der Waals surface area contributed by atoms with Gasteiger partial charge in [0, 0.05) is 5.69 Å². The highest BCUT2D eigenvalue weighted by Crippen LogP contribution is 2.12. The third kappa shape index (κ3) is 2.79. The van der Waals surface area contributed by atoms with Gasteiger partial charge in [-0.1, -0.05) is 12.5 Å². The van der Waals surface area contributed by atoms with Gasteiger partial charge in [-0.25, -0.2) is 4.39 Å². The molecule has 0 unspecified atom stereocenters. The van der Waals surface area contributed by atoms with Crippen LogP contribution >= 0.6 is 0 Å². The molecule has 2 rings (SSSR count). The molecule has 1 aliphatic heterocycles. The summed E-state index contributed by atoms with van der Waals surface area (Å²) in [4.78, 5) is 11.8. The van der Waals surface area contributed by atoms with Crippen molar-refractivity contribution in [2.24, 2.45) is 0 Å². The number of nitrogens with one attached hydrogen (secondary N) is 2. The second-order valence-corrected chi connectivity index (χ2v) is 4.00. The maximum absolute atomic E-state index is 12.9. The molecule has 0 aliphatic carbocycles. The predicted molar refractivity (Wildman–Crippen MR) is 60.7 cm³/mol. The zero-order chi connectivity index (χ0) is 11.4. The fourth-order valence-electron chi connectivity index (χ4n) is 1.87. The maximum atomic E-state index is 12.9. The quantitative estimate of drug-likeness (QED) is 0.802. The number of halogens is 1. The van der Waals surface area contributed by atoms with E-state index in [0.717, 1.165) is 25.8 Å². The SMILES string of the molecule is O=C(Nc1cccc(F)c1)[C@H]1CCCCN1. The number of benzene rings is 1. The van der Waals surface area contributed by atoms with Gasteiger partial charge in [-0.3, -0.25) is 4.79 Å². The molecule has 1 aliphatic rings. The summed E-state index contributed by atoms with van der Waals surface area (Å²) < 4.78 is 12.9. The van der Waals surface area contributed by atoms with Gasteiger partial charge in [0.2, 0.25) is 5.91 Å². The van der Waals surface area contributed by atoms with Crippen LogP contribution in [0.1, 0.15) is 19.3 Å². The smallest absolute Gasteiger partial charge is 0.241 e. The van der Waals surface area contributed by atoms with Gasteiger partial charge >= 0.3 is 0 Å². The van der Waals surface area contributed by atoms with Crippen LogP contribution in [0.5, 0.6) is 0 Å². The van der Waals surface area contributed by atoms with Gasteiger partial charge < -0.3 is 10.6 Å². The highest BCUT2D eigenvalue weighted by atomic mass is 19.1. The number of hydrogen-bond donors (Lipinski definition) is 2. The monoisotopic (exact) mass is 222 g/mol. The summed E-state index contributed by atoms with van der Waals surface area (Å²) in [6.07, 6.45) is 3.03. The molecule has 1 atom stereocenters. The van der Waals surface area contributed by atoms with Crippen LogP contribution in [0, 0.1) is 5.82 Å². The van der Waals surface area contributed by atoms with Crippen molar-refractivity contribution in [3.63, 3.8) is 0 Å². The summed E-state index contributed by atoms with van der Waals surface area (Å²) >= 11 is 0. The normalized spacial score (nSPS) is 20.4. The Hall–Kier alpha value is -1.42. The van der Waals surface area contributed by atoms with E-state index in [-0.39, 0.29) is 17.8 Å². The Morgan fingerprint density at radius 3 is 3.00 bits per heavy atom. The van der Waals surface area contributed by atoms with E-state index in [9.17, 15) is 9.18 Å². The van der Waals surface area contributed by atoms with Crippen LogP contribution in [0.15, 0.2) is 24.3 Å². The van der Waals surface area contributed by atoms with E-state index in [4.69, 9.17) is 0 Å². The van der Waals surface area contributed by atoms with Crippen molar-refractivity contribution in [3.05, 3.63) is 30.1 Å². The lowest BCUT2D eigenvalue weighted by Gasteiger charge is -2.22. The molecule has 1 heterocycles. The third-order valence-electron chi connectivity index (χ3n) is 2.72. The van der Waals surface area contributed by atoms with Gasteiger partial charge in [0.15, 0.2) is 0 Å². The standard InChI is InChI=1S/C12H15FN2O/c13-9-4-3-5-10(8-9)15-12(16)11-6-1-2-7-14-11/h3-5,8,11,14H,1-2,6-7H2,(H,15,16)/t11-/m1/s1. The second-order valence-electron chi connectivity index (χ2n) is 4.00. The molecule has 0 aromatic heterocycles. The molecule has 1 amide bonds. The van der Waals surface area contributed by atoms with Crippen molar-refractivity contribution >= 4 is 11.6 Å². The Balaban J connectivity index is 1.96. The highest BCUT2D eigenvalue weighted by molar-refractivity contribution is 5.94. The lowest BCUT2D eigenvalue weighted by atomic mass is 10.0. The maximum Gasteiger partial charge on any atom is 0.241 e. The number of amides is 1. The van der Waals surface area contributed by atoms with Crippen molar-refractivity contribution in [1.82, 2.24) is 5.32 Å². The minimum absolute atomic E-state index is 0.0784. The van der Waals surface area contributed by atoms with Crippen LogP contribution in [0.3, 0.4) is 0 Å². The average Bonchev–Trinajstić information content (AvgIpc) is 2.30. The van der Waals surface area contributed by atoms with Gasteiger partial charge in [0.1, 0.15) is 5.82 Å². The van der Waals surface area contributed by atoms with Crippen molar-refractivity contribution in [2.45, 2.75) is 25.3 Å². The molecule has 86 valence electrons. The number of rotatable bonds is 2. The fraction of sp³-hybridized carbons (Fsp3) is 0.417. The van der Waals surface area contributed by atoms with E-state index in [1.165, 1.54) is 12.1 Å². The van der Waals surface area contributed by atoms with E-state index in [1.54, 1.807) is 12.1 Å². The van der Waals surface area contributed by atoms with Gasteiger partial charge in [-0.15, -0.1) is 0 Å². The Labute approximate surface area is 94.0 Å². The first-order chi connectivity index (χ1) is 7.75. The molecule has 0 radical (unpaired) electrons. The lowest BCUT2D eigenvalue weighted by molar-refractivity contribution is -0.118. The molecule has 3 nitrogen and oxygen atoms in total. The van der Waals surface area contributed by atoms with Gasteiger partial charge in [0.05, 0.1) is 6.04 Å². The first-order valence-electron chi connectivity index (χ1n) is 5.55. The molecule has 1 fully saturated rings. The number of hydrogen-bond acceptors (Lipinski definition) is 2. The van der Waals surface area contributed by atoms with E-state index in [1.807, 2.05) is 0 Å². The van der Waals surface area contributed by atoms with Crippen LogP contribution < -0.4 is 10.6 Å². The Morgan fingerprint density at radius 1 is 1.44 bits per heavy atom. The summed E-state index contributed by atoms with van der Waals surface area (Å²) in [5.41, 5.74) is 0.511. The number of carbonyl (C=O) groups is 1. The summed E-state index contributed by atoms with van der Waals surface area (Å²) in [5, 5.41) is 5.86. The van der Waals surface area contributed by atoms with E-state index in [0.29, 0.717) is 5.69 Å². The number of carbonyl (C=O) groups excluding carboxylic acids is 1. The molecular weight excluding hydrogens is 207 g/mol. The van der Waals surface area contributed by atoms with Crippen LogP contribution in [-0.4, -0.2) is 18.5 Å². The largest absolute Gasteiger partial charge is 0.325 e. The van der Waals surface area contributed by atoms with Crippen LogP contribution in [0.25, 0.3) is 0 Å². The van der Waals surface area contributed by atoms with Crippen LogP contribution in [0.4, 0.5) is 10.1 Å². The topological polar surface area (TPSA) is 41.1 Å². The molecule has 0 saturated carbocycles. The third-order valence-corrected chi connectivity index (χ3v) is 2.72. The van der Waals surface area contributed by atoms with E-state index < -0.39 is 0 Å². The van der Waals surface area contributed by atoms with Crippen molar-refractivity contribution < 1.29 is 9.18 Å². The first-order valence-corrected chi connectivity index (χ1v) is 5.55. The molecule has 0 spiro atoms. The Bertz CT molecular complexity index is 375. The zero-order valence-electron chi connectivity index (χ0n) is 9.00. The molecule has 16 heavy (non-hydrogen) atoms. The van der Waals surface area contributed by atoms with Crippen LogP contribution in [-0.2, 0) is 4.79 Å². The van der Waals surface area contributed by atoms with Crippen LogP contribution in [0.2, 0.25) is 0 Å².